The number of hydrogen-bond donors (Lipinski definition) is 1. The van der Waals surface area contributed by atoms with Gasteiger partial charge in [-0.3, -0.25) is 4.79 Å². The third kappa shape index (κ3) is 5.19. The van der Waals surface area contributed by atoms with Crippen LogP contribution in [0.25, 0.3) is 0 Å². The van der Waals surface area contributed by atoms with Gasteiger partial charge >= 0.3 is 0 Å². The van der Waals surface area contributed by atoms with Gasteiger partial charge in [-0.15, -0.1) is 0 Å². The van der Waals surface area contributed by atoms with E-state index in [4.69, 9.17) is 0 Å². The Bertz CT molecular complexity index is 787. The predicted molar refractivity (Wildman–Crippen MR) is 116 cm³/mol. The fourth-order valence-electron chi connectivity index (χ4n) is 4.48. The molecule has 1 aliphatic heterocycles. The lowest BCUT2D eigenvalue weighted by atomic mass is 9.89. The molecule has 156 valence electrons. The van der Waals surface area contributed by atoms with Crippen LogP contribution in [0, 0.1) is 11.3 Å². The van der Waals surface area contributed by atoms with Crippen LogP contribution in [0.4, 0.5) is 0 Å². The maximum Gasteiger partial charge on any atom is 0.265 e. The smallest absolute Gasteiger partial charge is 0.265 e. The molecular weight excluding hydrogens is 360 g/mol. The molecule has 0 spiro atoms. The van der Waals surface area contributed by atoms with Crippen molar-refractivity contribution in [2.24, 2.45) is 0 Å². The number of aryl methyl sites for hydroxylation is 2. The minimum atomic E-state index is -0.185. The molecule has 1 saturated heterocycles. The molecule has 2 aliphatic rings. The second-order valence-electron chi connectivity index (χ2n) is 8.48. The van der Waals surface area contributed by atoms with Crippen molar-refractivity contribution in [2.45, 2.75) is 64.0 Å². The summed E-state index contributed by atoms with van der Waals surface area (Å²) in [5.74, 6) is -0.185. The molecule has 1 amide bonds. The Hall–Kier alpha value is -2.32. The van der Waals surface area contributed by atoms with E-state index in [1.165, 1.54) is 36.0 Å². The van der Waals surface area contributed by atoms with Crippen molar-refractivity contribution in [3.63, 3.8) is 0 Å². The maximum atomic E-state index is 12.9. The number of fused-ring (bicyclic) bond motifs is 1. The van der Waals surface area contributed by atoms with Crippen molar-refractivity contribution >= 4 is 5.91 Å². The Labute approximate surface area is 175 Å². The molecule has 1 aromatic rings. The molecule has 1 N–H and O–H groups in total. The van der Waals surface area contributed by atoms with Gasteiger partial charge in [0, 0.05) is 19.3 Å². The molecule has 0 saturated carbocycles. The van der Waals surface area contributed by atoms with Crippen molar-refractivity contribution in [3.05, 3.63) is 46.7 Å². The number of nitrogens with zero attached hydrogens (tertiary/aromatic N) is 3. The Kier molecular flexibility index (Phi) is 7.33. The molecule has 1 aliphatic carbocycles. The molecule has 5 nitrogen and oxygen atoms in total. The van der Waals surface area contributed by atoms with E-state index in [0.717, 1.165) is 38.8 Å². The van der Waals surface area contributed by atoms with Gasteiger partial charge in [-0.2, -0.15) is 5.26 Å². The number of rotatable bonds is 6. The highest BCUT2D eigenvalue weighted by Crippen LogP contribution is 2.26. The van der Waals surface area contributed by atoms with E-state index >= 15 is 0 Å². The first-order valence-corrected chi connectivity index (χ1v) is 11.0. The maximum absolute atomic E-state index is 12.9. The SMILES string of the molecule is CCC(N/C=C(/C#N)C(=O)N(C)C1CCN(C)CC1)c1ccc2c(c1)CCCC2. The Morgan fingerprint density at radius 3 is 2.66 bits per heavy atom. The number of nitrogens with one attached hydrogen (secondary N) is 1. The average molecular weight is 395 g/mol. The molecule has 5 heteroatoms. The van der Waals surface area contributed by atoms with Gasteiger partial charge in [0.05, 0.1) is 6.04 Å². The highest BCUT2D eigenvalue weighted by molar-refractivity contribution is 5.97. The highest BCUT2D eigenvalue weighted by atomic mass is 16.2. The summed E-state index contributed by atoms with van der Waals surface area (Å²) in [6.45, 7) is 4.11. The number of nitriles is 1. The van der Waals surface area contributed by atoms with Crippen LogP contribution in [-0.4, -0.2) is 48.9 Å². The third-order valence-corrected chi connectivity index (χ3v) is 6.52. The number of carbonyl (C=O) groups is 1. The molecule has 1 aromatic carbocycles. The third-order valence-electron chi connectivity index (χ3n) is 6.52. The molecule has 1 heterocycles. The van der Waals surface area contributed by atoms with E-state index in [-0.39, 0.29) is 23.6 Å². The van der Waals surface area contributed by atoms with Crippen LogP contribution < -0.4 is 5.32 Å². The zero-order valence-corrected chi connectivity index (χ0v) is 18.1. The number of piperidine rings is 1. The first kappa shape index (κ1) is 21.4. The molecule has 0 bridgehead atoms. The second-order valence-corrected chi connectivity index (χ2v) is 8.48. The lowest BCUT2D eigenvalue weighted by Crippen LogP contribution is -2.45. The normalized spacial score (nSPS) is 19.2. The summed E-state index contributed by atoms with van der Waals surface area (Å²) in [5.41, 5.74) is 4.34. The van der Waals surface area contributed by atoms with Gasteiger partial charge in [-0.05, 0) is 81.8 Å². The van der Waals surface area contributed by atoms with Gasteiger partial charge in [0.15, 0.2) is 0 Å². The molecule has 1 fully saturated rings. The first-order chi connectivity index (χ1) is 14.0. The van der Waals surface area contributed by atoms with Crippen LogP contribution in [0.5, 0.6) is 0 Å². The van der Waals surface area contributed by atoms with Crippen molar-refractivity contribution < 1.29 is 4.79 Å². The molecule has 3 rings (SSSR count). The van der Waals surface area contributed by atoms with Crippen LogP contribution in [0.3, 0.4) is 0 Å². The lowest BCUT2D eigenvalue weighted by Gasteiger charge is -2.35. The van der Waals surface area contributed by atoms with Gasteiger partial charge in [0.2, 0.25) is 0 Å². The Balaban J connectivity index is 1.68. The number of likely N-dealkylation sites (tertiary alicyclic amines) is 1. The van der Waals surface area contributed by atoms with Crippen molar-refractivity contribution in [2.75, 3.05) is 27.2 Å². The zero-order chi connectivity index (χ0) is 20.8. The summed E-state index contributed by atoms with van der Waals surface area (Å²) in [6, 6.07) is 9.17. The van der Waals surface area contributed by atoms with E-state index in [1.807, 2.05) is 7.05 Å². The quantitative estimate of drug-likeness (QED) is 0.592. The predicted octanol–water partition coefficient (Wildman–Crippen LogP) is 3.57. The van der Waals surface area contributed by atoms with E-state index in [9.17, 15) is 10.1 Å². The molecular formula is C24H34N4O. The first-order valence-electron chi connectivity index (χ1n) is 11.0. The second kappa shape index (κ2) is 9.93. The van der Waals surface area contributed by atoms with E-state index < -0.39 is 0 Å². The minimum Gasteiger partial charge on any atom is -0.383 e. The van der Waals surface area contributed by atoms with Crippen molar-refractivity contribution in [3.8, 4) is 6.07 Å². The average Bonchev–Trinajstić information content (AvgIpc) is 2.76. The van der Waals surface area contributed by atoms with Crippen LogP contribution in [0.15, 0.2) is 30.0 Å². The standard InChI is InChI=1S/C24H34N4O/c1-4-23(20-10-9-18-7-5-6-8-19(18)15-20)26-17-21(16-25)24(29)28(3)22-11-13-27(2)14-12-22/h9-10,15,17,22-23,26H,4-8,11-14H2,1-3H3/b21-17-. The summed E-state index contributed by atoms with van der Waals surface area (Å²) in [4.78, 5) is 16.9. The topological polar surface area (TPSA) is 59.4 Å². The fourth-order valence-corrected chi connectivity index (χ4v) is 4.48. The summed E-state index contributed by atoms with van der Waals surface area (Å²) in [6.07, 6.45) is 9.30. The number of carbonyl (C=O) groups excluding carboxylic acids is 1. The fraction of sp³-hybridized carbons (Fsp3) is 0.583. The summed E-state index contributed by atoms with van der Waals surface area (Å²) in [5, 5.41) is 12.9. The zero-order valence-electron chi connectivity index (χ0n) is 18.1. The largest absolute Gasteiger partial charge is 0.383 e. The summed E-state index contributed by atoms with van der Waals surface area (Å²) < 4.78 is 0. The van der Waals surface area contributed by atoms with E-state index in [1.54, 1.807) is 11.1 Å². The van der Waals surface area contributed by atoms with Crippen LogP contribution in [-0.2, 0) is 17.6 Å². The number of amides is 1. The Morgan fingerprint density at radius 2 is 2.00 bits per heavy atom. The van der Waals surface area contributed by atoms with Gasteiger partial charge in [0.1, 0.15) is 11.6 Å². The summed E-state index contributed by atoms with van der Waals surface area (Å²) in [7, 11) is 3.93. The van der Waals surface area contributed by atoms with Crippen molar-refractivity contribution in [1.82, 2.24) is 15.1 Å². The number of likely N-dealkylation sites (N-methyl/N-ethyl adjacent to an activating group) is 1. The van der Waals surface area contributed by atoms with Gasteiger partial charge in [-0.25, -0.2) is 0 Å². The van der Waals surface area contributed by atoms with Gasteiger partial charge < -0.3 is 15.1 Å². The van der Waals surface area contributed by atoms with Crippen molar-refractivity contribution in [1.29, 1.82) is 5.26 Å². The molecule has 29 heavy (non-hydrogen) atoms. The van der Waals surface area contributed by atoms with Crippen LogP contribution >= 0.6 is 0 Å². The van der Waals surface area contributed by atoms with Gasteiger partial charge in [-0.1, -0.05) is 25.1 Å². The monoisotopic (exact) mass is 394 g/mol. The Morgan fingerprint density at radius 1 is 1.31 bits per heavy atom. The number of hydrogen-bond acceptors (Lipinski definition) is 4. The molecule has 1 atom stereocenters. The van der Waals surface area contributed by atoms with E-state index in [0.29, 0.717) is 0 Å². The number of benzene rings is 1. The van der Waals surface area contributed by atoms with E-state index in [2.05, 4.69) is 48.5 Å². The minimum absolute atomic E-state index is 0.104. The highest BCUT2D eigenvalue weighted by Gasteiger charge is 2.26. The summed E-state index contributed by atoms with van der Waals surface area (Å²) >= 11 is 0. The molecule has 0 radical (unpaired) electrons. The molecule has 0 aromatic heterocycles. The van der Waals surface area contributed by atoms with Crippen LogP contribution in [0.1, 0.15) is 61.8 Å². The van der Waals surface area contributed by atoms with Crippen LogP contribution in [0.2, 0.25) is 0 Å². The lowest BCUT2D eigenvalue weighted by molar-refractivity contribution is -0.128. The molecule has 1 unspecified atom stereocenters. The van der Waals surface area contributed by atoms with Gasteiger partial charge in [0.25, 0.3) is 5.91 Å².